The number of sulfone groups is 1. The average Bonchev–Trinajstić information content (AvgIpc) is 3.35. The molecule has 154 valence electrons. The van der Waals surface area contributed by atoms with Gasteiger partial charge in [-0.25, -0.2) is 13.4 Å². The standard InChI is InChI=1S/C22H26N2O4S/c1-3-27-18-11-16-12-21(24-22(16)23-14-18)20(13-17-5-4-10-28-17)15-6-8-19(9-7-15)29(2,25)26/h6-9,11-12,14,17,20H,3-5,10,13H2,1-2H3,(H,23,24). The summed E-state index contributed by atoms with van der Waals surface area (Å²) in [5.74, 6) is 0.815. The van der Waals surface area contributed by atoms with Gasteiger partial charge in [-0.2, -0.15) is 0 Å². The number of aromatic amines is 1. The van der Waals surface area contributed by atoms with Gasteiger partial charge in [0.05, 0.1) is 23.8 Å². The van der Waals surface area contributed by atoms with E-state index < -0.39 is 9.84 Å². The molecule has 0 amide bonds. The highest BCUT2D eigenvalue weighted by molar-refractivity contribution is 7.90. The van der Waals surface area contributed by atoms with Crippen molar-refractivity contribution >= 4 is 20.9 Å². The Hall–Kier alpha value is -2.38. The molecule has 2 unspecified atom stereocenters. The van der Waals surface area contributed by atoms with Crippen LogP contribution in [0.25, 0.3) is 11.0 Å². The molecule has 29 heavy (non-hydrogen) atoms. The van der Waals surface area contributed by atoms with Crippen molar-refractivity contribution in [1.82, 2.24) is 9.97 Å². The second-order valence-corrected chi connectivity index (χ2v) is 9.55. The Morgan fingerprint density at radius 1 is 1.28 bits per heavy atom. The third kappa shape index (κ3) is 4.46. The number of fused-ring (bicyclic) bond motifs is 1. The second kappa shape index (κ2) is 8.16. The third-order valence-corrected chi connectivity index (χ3v) is 6.51. The molecule has 0 radical (unpaired) electrons. The summed E-state index contributed by atoms with van der Waals surface area (Å²) < 4.78 is 35.1. The number of aromatic nitrogens is 2. The average molecular weight is 415 g/mol. The van der Waals surface area contributed by atoms with E-state index in [0.717, 1.165) is 53.9 Å². The van der Waals surface area contributed by atoms with Crippen LogP contribution in [0.15, 0.2) is 47.5 Å². The number of nitrogens with zero attached hydrogens (tertiary/aromatic N) is 1. The molecule has 4 rings (SSSR count). The zero-order valence-corrected chi connectivity index (χ0v) is 17.5. The van der Waals surface area contributed by atoms with E-state index in [-0.39, 0.29) is 12.0 Å². The van der Waals surface area contributed by atoms with Crippen LogP contribution in [0.5, 0.6) is 5.75 Å². The number of ether oxygens (including phenoxy) is 2. The maximum Gasteiger partial charge on any atom is 0.175 e. The minimum absolute atomic E-state index is 0.0662. The largest absolute Gasteiger partial charge is 0.492 e. The van der Waals surface area contributed by atoms with Crippen molar-refractivity contribution in [3.8, 4) is 5.75 Å². The van der Waals surface area contributed by atoms with Gasteiger partial charge in [0.25, 0.3) is 0 Å². The maximum atomic E-state index is 11.8. The Kier molecular flexibility index (Phi) is 5.61. The summed E-state index contributed by atoms with van der Waals surface area (Å²) in [6.45, 7) is 3.35. The van der Waals surface area contributed by atoms with Crippen LogP contribution in [-0.4, -0.2) is 44.0 Å². The molecule has 6 nitrogen and oxygen atoms in total. The molecule has 1 fully saturated rings. The number of pyridine rings is 1. The Labute approximate surface area is 171 Å². The van der Waals surface area contributed by atoms with E-state index in [0.29, 0.717) is 11.5 Å². The van der Waals surface area contributed by atoms with Gasteiger partial charge in [-0.05, 0) is 56.0 Å². The topological polar surface area (TPSA) is 81.3 Å². The van der Waals surface area contributed by atoms with Crippen LogP contribution in [0.2, 0.25) is 0 Å². The zero-order chi connectivity index (χ0) is 20.4. The van der Waals surface area contributed by atoms with Crippen molar-refractivity contribution in [2.75, 3.05) is 19.5 Å². The van der Waals surface area contributed by atoms with Crippen LogP contribution in [0, 0.1) is 0 Å². The van der Waals surface area contributed by atoms with Crippen LogP contribution in [-0.2, 0) is 14.6 Å². The number of nitrogens with one attached hydrogen (secondary N) is 1. The molecule has 2 aromatic heterocycles. The maximum absolute atomic E-state index is 11.8. The molecular formula is C22H26N2O4S. The highest BCUT2D eigenvalue weighted by Gasteiger charge is 2.25. The van der Waals surface area contributed by atoms with Crippen LogP contribution < -0.4 is 4.74 Å². The van der Waals surface area contributed by atoms with Crippen LogP contribution in [0.3, 0.4) is 0 Å². The molecule has 1 aliphatic rings. The summed E-state index contributed by atoms with van der Waals surface area (Å²) in [4.78, 5) is 8.26. The van der Waals surface area contributed by atoms with Gasteiger partial charge in [0.2, 0.25) is 0 Å². The van der Waals surface area contributed by atoms with E-state index in [1.807, 2.05) is 25.1 Å². The first kappa shape index (κ1) is 19.9. The van der Waals surface area contributed by atoms with Crippen molar-refractivity contribution in [3.05, 3.63) is 53.9 Å². The molecule has 0 saturated carbocycles. The van der Waals surface area contributed by atoms with Gasteiger partial charge >= 0.3 is 0 Å². The normalized spacial score (nSPS) is 18.2. The molecule has 0 bridgehead atoms. The fourth-order valence-electron chi connectivity index (χ4n) is 3.93. The summed E-state index contributed by atoms with van der Waals surface area (Å²) >= 11 is 0. The third-order valence-electron chi connectivity index (χ3n) is 5.39. The lowest BCUT2D eigenvalue weighted by atomic mass is 9.89. The van der Waals surface area contributed by atoms with Gasteiger partial charge in [-0.15, -0.1) is 0 Å². The van der Waals surface area contributed by atoms with E-state index in [1.54, 1.807) is 18.3 Å². The number of hydrogen-bond acceptors (Lipinski definition) is 5. The van der Waals surface area contributed by atoms with Gasteiger partial charge in [0.15, 0.2) is 9.84 Å². The van der Waals surface area contributed by atoms with Gasteiger partial charge in [-0.3, -0.25) is 0 Å². The number of benzene rings is 1. The molecule has 1 aromatic carbocycles. The Balaban J connectivity index is 1.71. The van der Waals surface area contributed by atoms with Crippen LogP contribution in [0.1, 0.15) is 43.4 Å². The van der Waals surface area contributed by atoms with Crippen molar-refractivity contribution in [2.45, 2.75) is 43.1 Å². The first-order valence-electron chi connectivity index (χ1n) is 9.97. The van der Waals surface area contributed by atoms with Crippen molar-refractivity contribution in [1.29, 1.82) is 0 Å². The minimum atomic E-state index is -3.22. The summed E-state index contributed by atoms with van der Waals surface area (Å²) in [7, 11) is -3.22. The van der Waals surface area contributed by atoms with E-state index in [1.165, 1.54) is 6.26 Å². The number of H-pyrrole nitrogens is 1. The highest BCUT2D eigenvalue weighted by Crippen LogP contribution is 2.34. The molecule has 3 heterocycles. The van der Waals surface area contributed by atoms with Gasteiger partial charge in [0, 0.05) is 29.9 Å². The van der Waals surface area contributed by atoms with Crippen LogP contribution in [0.4, 0.5) is 0 Å². The molecule has 3 aromatic rings. The molecule has 1 aliphatic heterocycles. The van der Waals surface area contributed by atoms with Crippen molar-refractivity contribution in [2.24, 2.45) is 0 Å². The zero-order valence-electron chi connectivity index (χ0n) is 16.7. The summed E-state index contributed by atoms with van der Waals surface area (Å²) in [5, 5.41) is 0.996. The molecule has 0 spiro atoms. The van der Waals surface area contributed by atoms with Gasteiger partial charge in [-0.1, -0.05) is 12.1 Å². The van der Waals surface area contributed by atoms with E-state index in [4.69, 9.17) is 9.47 Å². The predicted octanol–water partition coefficient (Wildman–Crippen LogP) is 4.07. The molecule has 1 saturated heterocycles. The summed E-state index contributed by atoms with van der Waals surface area (Å²) in [5.41, 5.74) is 2.92. The van der Waals surface area contributed by atoms with E-state index in [2.05, 4.69) is 16.0 Å². The number of hydrogen-bond donors (Lipinski definition) is 1. The molecule has 2 atom stereocenters. The van der Waals surface area contributed by atoms with Gasteiger partial charge in [0.1, 0.15) is 11.4 Å². The minimum Gasteiger partial charge on any atom is -0.492 e. The lowest BCUT2D eigenvalue weighted by Crippen LogP contribution is -2.13. The monoisotopic (exact) mass is 414 g/mol. The van der Waals surface area contributed by atoms with E-state index >= 15 is 0 Å². The number of rotatable bonds is 7. The smallest absolute Gasteiger partial charge is 0.175 e. The van der Waals surface area contributed by atoms with Gasteiger partial charge < -0.3 is 14.5 Å². The first-order valence-corrected chi connectivity index (χ1v) is 11.9. The van der Waals surface area contributed by atoms with E-state index in [9.17, 15) is 8.42 Å². The lowest BCUT2D eigenvalue weighted by molar-refractivity contribution is 0.100. The lowest BCUT2D eigenvalue weighted by Gasteiger charge is -2.20. The quantitative estimate of drug-likeness (QED) is 0.630. The Morgan fingerprint density at radius 2 is 2.07 bits per heavy atom. The van der Waals surface area contributed by atoms with Crippen molar-refractivity contribution in [3.63, 3.8) is 0 Å². The van der Waals surface area contributed by atoms with Crippen LogP contribution >= 0.6 is 0 Å². The second-order valence-electron chi connectivity index (χ2n) is 7.53. The van der Waals surface area contributed by atoms with Crippen molar-refractivity contribution < 1.29 is 17.9 Å². The Bertz CT molecular complexity index is 1080. The SMILES string of the molecule is CCOc1cnc2[nH]c(C(CC3CCCO3)c3ccc(S(C)(=O)=O)cc3)cc2c1. The molecular weight excluding hydrogens is 388 g/mol. The predicted molar refractivity (Wildman–Crippen MR) is 112 cm³/mol. The molecule has 1 N–H and O–H groups in total. The highest BCUT2D eigenvalue weighted by atomic mass is 32.2. The molecule has 7 heteroatoms. The summed E-state index contributed by atoms with van der Waals surface area (Å²) in [6, 6.07) is 11.3. The molecule has 0 aliphatic carbocycles. The fraction of sp³-hybridized carbons (Fsp3) is 0.409. The Morgan fingerprint density at radius 3 is 2.72 bits per heavy atom. The first-order chi connectivity index (χ1) is 13.9. The fourth-order valence-corrected chi connectivity index (χ4v) is 4.56. The summed E-state index contributed by atoms with van der Waals surface area (Å²) in [6.07, 6.45) is 6.12.